The quantitative estimate of drug-likeness (QED) is 0.839. The van der Waals surface area contributed by atoms with Crippen molar-refractivity contribution in [3.05, 3.63) is 11.9 Å². The second-order valence-electron chi connectivity index (χ2n) is 7.98. The maximum atomic E-state index is 13.2. The average Bonchev–Trinajstić information content (AvgIpc) is 2.93. The smallest absolute Gasteiger partial charge is 0.246 e. The second kappa shape index (κ2) is 6.55. The Kier molecular flexibility index (Phi) is 5.26. The van der Waals surface area contributed by atoms with Gasteiger partial charge in [-0.1, -0.05) is 40.0 Å². The molecule has 1 saturated carbocycles. The molecule has 1 aliphatic carbocycles. The zero-order chi connectivity index (χ0) is 17.4. The zero-order valence-corrected chi connectivity index (χ0v) is 16.2. The maximum Gasteiger partial charge on any atom is 0.246 e. The topological polar surface area (TPSA) is 55.2 Å². The number of aromatic nitrogens is 2. The molecule has 1 aliphatic rings. The van der Waals surface area contributed by atoms with E-state index in [1.54, 1.807) is 22.2 Å². The highest BCUT2D eigenvalue weighted by atomic mass is 32.2. The van der Waals surface area contributed by atoms with Gasteiger partial charge in [-0.2, -0.15) is 9.40 Å². The molecule has 5 nitrogen and oxygen atoms in total. The summed E-state index contributed by atoms with van der Waals surface area (Å²) < 4.78 is 29.8. The van der Waals surface area contributed by atoms with E-state index in [1.165, 1.54) is 6.42 Å². The van der Waals surface area contributed by atoms with Crippen molar-refractivity contribution in [1.82, 2.24) is 14.1 Å². The van der Waals surface area contributed by atoms with Crippen molar-refractivity contribution >= 4 is 10.0 Å². The van der Waals surface area contributed by atoms with Gasteiger partial charge in [0.2, 0.25) is 10.0 Å². The minimum atomic E-state index is -3.52. The molecule has 1 aromatic heterocycles. The van der Waals surface area contributed by atoms with Crippen LogP contribution in [0.15, 0.2) is 11.1 Å². The molecule has 1 heterocycles. The summed E-state index contributed by atoms with van der Waals surface area (Å²) in [6.45, 7) is 10.1. The number of hydrogen-bond donors (Lipinski definition) is 0. The predicted octanol–water partition coefficient (Wildman–Crippen LogP) is 3.71. The third kappa shape index (κ3) is 3.79. The Labute approximate surface area is 141 Å². The fourth-order valence-electron chi connectivity index (χ4n) is 3.14. The van der Waals surface area contributed by atoms with Gasteiger partial charge >= 0.3 is 0 Å². The van der Waals surface area contributed by atoms with E-state index in [2.05, 4.69) is 5.10 Å². The van der Waals surface area contributed by atoms with E-state index in [9.17, 15) is 8.42 Å². The summed E-state index contributed by atoms with van der Waals surface area (Å²) in [4.78, 5) is 0.367. The summed E-state index contributed by atoms with van der Waals surface area (Å²) in [5.74, 6) is 0. The molecule has 6 heteroatoms. The SMILES string of the molecule is CC(C)n1cc(S(=O)(=O)N(C)C2CCCCC2)c(C(C)(C)C)n1. The van der Waals surface area contributed by atoms with E-state index in [0.717, 1.165) is 25.7 Å². The summed E-state index contributed by atoms with van der Waals surface area (Å²) in [6.07, 6.45) is 7.06. The highest BCUT2D eigenvalue weighted by Gasteiger charge is 2.35. The fraction of sp³-hybridized carbons (Fsp3) is 0.824. The molecule has 0 N–H and O–H groups in total. The summed E-state index contributed by atoms with van der Waals surface area (Å²) >= 11 is 0. The van der Waals surface area contributed by atoms with Crippen molar-refractivity contribution in [3.63, 3.8) is 0 Å². The predicted molar refractivity (Wildman–Crippen MR) is 93.1 cm³/mol. The lowest BCUT2D eigenvalue weighted by molar-refractivity contribution is 0.285. The first-order valence-corrected chi connectivity index (χ1v) is 10.1. The largest absolute Gasteiger partial charge is 0.269 e. The highest BCUT2D eigenvalue weighted by Crippen LogP contribution is 2.32. The Balaban J connectivity index is 2.45. The molecular formula is C17H31N3O2S. The molecule has 23 heavy (non-hydrogen) atoms. The molecule has 0 amide bonds. The van der Waals surface area contributed by atoms with Crippen LogP contribution in [0.4, 0.5) is 0 Å². The van der Waals surface area contributed by atoms with Gasteiger partial charge in [-0.3, -0.25) is 4.68 Å². The van der Waals surface area contributed by atoms with Gasteiger partial charge in [-0.05, 0) is 26.7 Å². The van der Waals surface area contributed by atoms with Crippen molar-refractivity contribution in [3.8, 4) is 0 Å². The summed E-state index contributed by atoms with van der Waals surface area (Å²) in [5.41, 5.74) is 0.351. The lowest BCUT2D eigenvalue weighted by Crippen LogP contribution is -2.39. The Morgan fingerprint density at radius 3 is 2.26 bits per heavy atom. The summed E-state index contributed by atoms with van der Waals surface area (Å²) in [6, 6.07) is 0.254. The van der Waals surface area contributed by atoms with Crippen molar-refractivity contribution in [2.24, 2.45) is 0 Å². The summed E-state index contributed by atoms with van der Waals surface area (Å²) in [7, 11) is -1.79. The van der Waals surface area contributed by atoms with Gasteiger partial charge in [0.05, 0.1) is 5.69 Å². The molecule has 0 aromatic carbocycles. The number of hydrogen-bond acceptors (Lipinski definition) is 3. The van der Waals surface area contributed by atoms with Crippen molar-refractivity contribution in [2.45, 2.75) is 89.1 Å². The Bertz CT molecular complexity index is 635. The van der Waals surface area contributed by atoms with E-state index in [4.69, 9.17) is 0 Å². The standard InChI is InChI=1S/C17H31N3O2S/c1-13(2)20-12-15(16(18-20)17(3,4)5)23(21,22)19(6)14-10-8-7-9-11-14/h12-14H,7-11H2,1-6H3. The molecule has 0 spiro atoms. The average molecular weight is 342 g/mol. The molecule has 0 saturated heterocycles. The highest BCUT2D eigenvalue weighted by molar-refractivity contribution is 7.89. The Morgan fingerprint density at radius 2 is 1.78 bits per heavy atom. The van der Waals surface area contributed by atoms with E-state index < -0.39 is 10.0 Å². The van der Waals surface area contributed by atoms with Gasteiger partial charge in [0.25, 0.3) is 0 Å². The van der Waals surface area contributed by atoms with E-state index in [-0.39, 0.29) is 17.5 Å². The first kappa shape index (κ1) is 18.5. The Hall–Kier alpha value is -0.880. The first-order valence-electron chi connectivity index (χ1n) is 8.63. The van der Waals surface area contributed by atoms with Crippen LogP contribution in [-0.2, 0) is 15.4 Å². The molecule has 0 unspecified atom stereocenters. The third-order valence-electron chi connectivity index (χ3n) is 4.68. The van der Waals surface area contributed by atoms with Crippen LogP contribution in [-0.4, -0.2) is 35.6 Å². The monoisotopic (exact) mass is 341 g/mol. The molecule has 132 valence electrons. The zero-order valence-electron chi connectivity index (χ0n) is 15.3. The Morgan fingerprint density at radius 1 is 1.22 bits per heavy atom. The van der Waals surface area contributed by atoms with Crippen molar-refractivity contribution in [1.29, 1.82) is 0 Å². The van der Waals surface area contributed by atoms with Crippen LogP contribution in [0.2, 0.25) is 0 Å². The van der Waals surface area contributed by atoms with Crippen LogP contribution in [0, 0.1) is 0 Å². The second-order valence-corrected chi connectivity index (χ2v) is 9.94. The van der Waals surface area contributed by atoms with Gasteiger partial charge in [0, 0.05) is 30.7 Å². The van der Waals surface area contributed by atoms with Crippen LogP contribution in [0.1, 0.15) is 78.5 Å². The van der Waals surface area contributed by atoms with Crippen LogP contribution < -0.4 is 0 Å². The number of sulfonamides is 1. The normalized spacial score (nSPS) is 18.1. The molecule has 1 fully saturated rings. The first-order chi connectivity index (χ1) is 10.5. The van der Waals surface area contributed by atoms with Crippen molar-refractivity contribution in [2.75, 3.05) is 7.05 Å². The van der Waals surface area contributed by atoms with E-state index in [1.807, 2.05) is 34.6 Å². The van der Waals surface area contributed by atoms with Crippen LogP contribution >= 0.6 is 0 Å². The van der Waals surface area contributed by atoms with E-state index >= 15 is 0 Å². The minimum Gasteiger partial charge on any atom is -0.269 e. The molecule has 1 aromatic rings. The molecule has 2 rings (SSSR count). The van der Waals surface area contributed by atoms with Crippen molar-refractivity contribution < 1.29 is 8.42 Å². The van der Waals surface area contributed by atoms with Gasteiger partial charge in [0.15, 0.2) is 0 Å². The number of nitrogens with zero attached hydrogens (tertiary/aromatic N) is 3. The summed E-state index contributed by atoms with van der Waals surface area (Å²) in [5, 5.41) is 4.59. The lowest BCUT2D eigenvalue weighted by atomic mass is 9.92. The lowest BCUT2D eigenvalue weighted by Gasteiger charge is -2.31. The fourth-order valence-corrected chi connectivity index (χ4v) is 4.89. The molecule has 0 aliphatic heterocycles. The van der Waals surface area contributed by atoms with Crippen LogP contribution in [0.25, 0.3) is 0 Å². The molecule has 0 bridgehead atoms. The van der Waals surface area contributed by atoms with Gasteiger partial charge in [-0.25, -0.2) is 8.42 Å². The molecular weight excluding hydrogens is 310 g/mol. The third-order valence-corrected chi connectivity index (χ3v) is 6.59. The molecule has 0 atom stereocenters. The van der Waals surface area contributed by atoms with Gasteiger partial charge in [-0.15, -0.1) is 0 Å². The minimum absolute atomic E-state index is 0.115. The van der Waals surface area contributed by atoms with Crippen LogP contribution in [0.3, 0.4) is 0 Å². The van der Waals surface area contributed by atoms with Crippen LogP contribution in [0.5, 0.6) is 0 Å². The number of rotatable bonds is 4. The van der Waals surface area contributed by atoms with Gasteiger partial charge in [0.1, 0.15) is 4.90 Å². The molecule has 0 radical (unpaired) electrons. The van der Waals surface area contributed by atoms with Gasteiger partial charge < -0.3 is 0 Å². The maximum absolute atomic E-state index is 13.2. The van der Waals surface area contributed by atoms with E-state index in [0.29, 0.717) is 10.6 Å².